The molecule has 0 unspecified atom stereocenters. The number of sulfonamides is 1. The molecule has 1 aromatic rings. The second-order valence-corrected chi connectivity index (χ2v) is 8.34. The van der Waals surface area contributed by atoms with Gasteiger partial charge in [0, 0.05) is 11.2 Å². The first-order valence-electron chi connectivity index (χ1n) is 7.17. The highest BCUT2D eigenvalue weighted by Gasteiger charge is 2.48. The number of hydrogen-bond acceptors (Lipinski definition) is 4. The Morgan fingerprint density at radius 3 is 2.39 bits per heavy atom. The number of rotatable bonds is 5. The van der Waals surface area contributed by atoms with Gasteiger partial charge in [0.05, 0.1) is 16.7 Å². The molecule has 0 saturated heterocycles. The van der Waals surface area contributed by atoms with Crippen molar-refractivity contribution in [3.63, 3.8) is 0 Å². The van der Waals surface area contributed by atoms with Gasteiger partial charge in [0.25, 0.3) is 0 Å². The monoisotopic (exact) mass is 340 g/mol. The first kappa shape index (κ1) is 17.4. The first-order chi connectivity index (χ1) is 10.5. The van der Waals surface area contributed by atoms with Crippen LogP contribution < -0.4 is 10.0 Å². The van der Waals surface area contributed by atoms with E-state index in [9.17, 15) is 18.0 Å². The molecule has 1 fully saturated rings. The van der Waals surface area contributed by atoms with Crippen LogP contribution in [0.2, 0.25) is 0 Å². The highest BCUT2D eigenvalue weighted by molar-refractivity contribution is 7.89. The van der Waals surface area contributed by atoms with Crippen LogP contribution in [0.1, 0.15) is 27.2 Å². The van der Waals surface area contributed by atoms with Crippen LogP contribution in [-0.2, 0) is 19.6 Å². The molecule has 7 nitrogen and oxygen atoms in total. The summed E-state index contributed by atoms with van der Waals surface area (Å²) in [5.41, 5.74) is -0.302. The van der Waals surface area contributed by atoms with E-state index in [1.165, 1.54) is 18.2 Å². The van der Waals surface area contributed by atoms with E-state index in [1.54, 1.807) is 26.8 Å². The van der Waals surface area contributed by atoms with Crippen molar-refractivity contribution in [3.8, 4) is 0 Å². The molecule has 2 atom stereocenters. The van der Waals surface area contributed by atoms with E-state index < -0.39 is 39.3 Å². The zero-order valence-electron chi connectivity index (χ0n) is 13.2. The number of amides is 1. The quantitative estimate of drug-likeness (QED) is 0.750. The van der Waals surface area contributed by atoms with E-state index in [0.717, 1.165) is 0 Å². The Kier molecular flexibility index (Phi) is 4.50. The summed E-state index contributed by atoms with van der Waals surface area (Å²) in [6.45, 7) is 5.19. The fraction of sp³-hybridized carbons (Fsp3) is 0.467. The summed E-state index contributed by atoms with van der Waals surface area (Å²) >= 11 is 0. The summed E-state index contributed by atoms with van der Waals surface area (Å²) in [5, 5.41) is 11.4. The lowest BCUT2D eigenvalue weighted by Crippen LogP contribution is -2.40. The maximum Gasteiger partial charge on any atom is 0.307 e. The van der Waals surface area contributed by atoms with E-state index in [1.807, 2.05) is 0 Å². The molecule has 0 radical (unpaired) electrons. The number of hydrogen-bond donors (Lipinski definition) is 3. The van der Waals surface area contributed by atoms with Crippen molar-refractivity contribution in [2.24, 2.45) is 11.8 Å². The summed E-state index contributed by atoms with van der Waals surface area (Å²) in [7, 11) is -3.70. The largest absolute Gasteiger partial charge is 0.481 e. The molecular formula is C15H20N2O5S. The van der Waals surface area contributed by atoms with Crippen LogP contribution in [0.5, 0.6) is 0 Å². The second-order valence-electron chi connectivity index (χ2n) is 6.66. The van der Waals surface area contributed by atoms with Crippen molar-refractivity contribution in [1.29, 1.82) is 0 Å². The summed E-state index contributed by atoms with van der Waals surface area (Å²) in [5.74, 6) is -2.60. The van der Waals surface area contributed by atoms with Crippen LogP contribution in [0.4, 0.5) is 5.69 Å². The smallest absolute Gasteiger partial charge is 0.307 e. The molecule has 3 N–H and O–H groups in total. The van der Waals surface area contributed by atoms with Gasteiger partial charge in [-0.25, -0.2) is 13.1 Å². The number of aliphatic carboxylic acids is 1. The SMILES string of the molecule is CC(C)(C)NS(=O)(=O)c1cccc(NC(=O)[C@H]2C[C@@H]2C(=O)O)c1. The zero-order valence-corrected chi connectivity index (χ0v) is 14.0. The molecule has 1 saturated carbocycles. The maximum atomic E-state index is 12.3. The maximum absolute atomic E-state index is 12.3. The number of carbonyl (C=O) groups excluding carboxylic acids is 1. The third-order valence-electron chi connectivity index (χ3n) is 3.30. The summed E-state index contributed by atoms with van der Waals surface area (Å²) < 4.78 is 27.1. The molecule has 0 bridgehead atoms. The van der Waals surface area contributed by atoms with Gasteiger partial charge in [-0.15, -0.1) is 0 Å². The second kappa shape index (κ2) is 5.93. The van der Waals surface area contributed by atoms with Crippen LogP contribution in [0, 0.1) is 11.8 Å². The molecule has 0 heterocycles. The van der Waals surface area contributed by atoms with Crippen molar-refractivity contribution in [2.45, 2.75) is 37.6 Å². The van der Waals surface area contributed by atoms with Gasteiger partial charge in [0.15, 0.2) is 0 Å². The number of carboxylic acid groups (broad SMARTS) is 1. The van der Waals surface area contributed by atoms with Crippen molar-refractivity contribution in [1.82, 2.24) is 4.72 Å². The van der Waals surface area contributed by atoms with E-state index in [-0.39, 0.29) is 4.90 Å². The number of anilines is 1. The molecule has 2 rings (SSSR count). The molecule has 23 heavy (non-hydrogen) atoms. The fourth-order valence-corrected chi connectivity index (χ4v) is 3.66. The standard InChI is InChI=1S/C15H20N2O5S/c1-15(2,3)17-23(21,22)10-6-4-5-9(7-10)16-13(18)11-8-12(11)14(19)20/h4-7,11-12,17H,8H2,1-3H3,(H,16,18)(H,19,20)/t11-,12-/m0/s1. The fourth-order valence-electron chi connectivity index (χ4n) is 2.20. The van der Waals surface area contributed by atoms with E-state index in [0.29, 0.717) is 12.1 Å². The van der Waals surface area contributed by atoms with Gasteiger partial charge in [0.1, 0.15) is 0 Å². The van der Waals surface area contributed by atoms with Crippen LogP contribution >= 0.6 is 0 Å². The minimum Gasteiger partial charge on any atom is -0.481 e. The number of benzene rings is 1. The minimum absolute atomic E-state index is 0.0378. The summed E-state index contributed by atoms with van der Waals surface area (Å²) in [4.78, 5) is 22.8. The molecule has 126 valence electrons. The summed E-state index contributed by atoms with van der Waals surface area (Å²) in [6.07, 6.45) is 0.310. The van der Waals surface area contributed by atoms with Gasteiger partial charge < -0.3 is 10.4 Å². The molecule has 1 amide bonds. The average Bonchev–Trinajstić information content (AvgIpc) is 3.16. The van der Waals surface area contributed by atoms with Crippen LogP contribution in [0.25, 0.3) is 0 Å². The highest BCUT2D eigenvalue weighted by Crippen LogP contribution is 2.39. The molecule has 0 spiro atoms. The lowest BCUT2D eigenvalue weighted by molar-refractivity contribution is -0.139. The van der Waals surface area contributed by atoms with E-state index in [2.05, 4.69) is 10.0 Å². The Hall–Kier alpha value is -1.93. The topological polar surface area (TPSA) is 113 Å². The molecular weight excluding hydrogens is 320 g/mol. The first-order valence-corrected chi connectivity index (χ1v) is 8.66. The lowest BCUT2D eigenvalue weighted by Gasteiger charge is -2.20. The van der Waals surface area contributed by atoms with Gasteiger partial charge in [-0.2, -0.15) is 0 Å². The normalized spacial score (nSPS) is 20.8. The third kappa shape index (κ3) is 4.52. The Balaban J connectivity index is 2.12. The van der Waals surface area contributed by atoms with Gasteiger partial charge in [-0.1, -0.05) is 6.07 Å². The van der Waals surface area contributed by atoms with Gasteiger partial charge in [-0.3, -0.25) is 9.59 Å². The average molecular weight is 340 g/mol. The van der Waals surface area contributed by atoms with Crippen molar-refractivity contribution in [2.75, 3.05) is 5.32 Å². The van der Waals surface area contributed by atoms with Crippen LogP contribution in [0.3, 0.4) is 0 Å². The lowest BCUT2D eigenvalue weighted by atomic mass is 10.1. The Bertz CT molecular complexity index is 736. The van der Waals surface area contributed by atoms with Gasteiger partial charge in [0.2, 0.25) is 15.9 Å². The molecule has 1 aliphatic rings. The molecule has 0 aliphatic heterocycles. The summed E-state index contributed by atoms with van der Waals surface area (Å²) in [6, 6.07) is 5.87. The number of carboxylic acids is 1. The molecule has 1 aliphatic carbocycles. The Labute approximate surface area is 135 Å². The Morgan fingerprint density at radius 1 is 1.22 bits per heavy atom. The number of nitrogens with one attached hydrogen (secondary N) is 2. The van der Waals surface area contributed by atoms with Crippen molar-refractivity contribution in [3.05, 3.63) is 24.3 Å². The predicted molar refractivity (Wildman–Crippen MR) is 84.4 cm³/mol. The Morgan fingerprint density at radius 2 is 1.87 bits per heavy atom. The van der Waals surface area contributed by atoms with Crippen LogP contribution in [-0.4, -0.2) is 30.9 Å². The molecule has 1 aromatic carbocycles. The zero-order chi connectivity index (χ0) is 17.4. The van der Waals surface area contributed by atoms with Gasteiger partial charge >= 0.3 is 5.97 Å². The van der Waals surface area contributed by atoms with Crippen LogP contribution in [0.15, 0.2) is 29.2 Å². The molecule has 8 heteroatoms. The number of carbonyl (C=O) groups is 2. The highest BCUT2D eigenvalue weighted by atomic mass is 32.2. The van der Waals surface area contributed by atoms with Crippen molar-refractivity contribution >= 4 is 27.6 Å². The molecule has 0 aromatic heterocycles. The minimum atomic E-state index is -3.70. The van der Waals surface area contributed by atoms with Gasteiger partial charge in [-0.05, 0) is 45.4 Å². The van der Waals surface area contributed by atoms with E-state index >= 15 is 0 Å². The third-order valence-corrected chi connectivity index (χ3v) is 5.05. The predicted octanol–water partition coefficient (Wildman–Crippen LogP) is 1.42. The van der Waals surface area contributed by atoms with E-state index in [4.69, 9.17) is 5.11 Å². The van der Waals surface area contributed by atoms with Crippen molar-refractivity contribution < 1.29 is 23.1 Å².